The molecular formula is C18H28O3. The normalized spacial score (nSPS) is 20.9. The first kappa shape index (κ1) is 16.2. The lowest BCUT2D eigenvalue weighted by atomic mass is 9.99. The highest BCUT2D eigenvalue weighted by Crippen LogP contribution is 2.58. The first-order chi connectivity index (χ1) is 9.99. The van der Waals surface area contributed by atoms with E-state index in [2.05, 4.69) is 27.7 Å². The lowest BCUT2D eigenvalue weighted by molar-refractivity contribution is 0.137. The third kappa shape index (κ3) is 3.91. The van der Waals surface area contributed by atoms with Gasteiger partial charge in [0.05, 0.1) is 19.3 Å². The fourth-order valence-corrected chi connectivity index (χ4v) is 2.64. The van der Waals surface area contributed by atoms with Gasteiger partial charge in [0.15, 0.2) is 11.5 Å². The van der Waals surface area contributed by atoms with Crippen LogP contribution in [0.1, 0.15) is 58.6 Å². The first-order valence-electron chi connectivity index (χ1n) is 8.07. The Morgan fingerprint density at radius 2 is 1.71 bits per heavy atom. The molecule has 2 unspecified atom stereocenters. The van der Waals surface area contributed by atoms with Gasteiger partial charge in [0.2, 0.25) is 0 Å². The van der Waals surface area contributed by atoms with Crippen molar-refractivity contribution in [3.05, 3.63) is 23.8 Å². The van der Waals surface area contributed by atoms with Gasteiger partial charge < -0.3 is 14.6 Å². The minimum Gasteiger partial charge on any atom is -0.490 e. The Hall–Kier alpha value is -1.22. The zero-order valence-electron chi connectivity index (χ0n) is 13.7. The van der Waals surface area contributed by atoms with Gasteiger partial charge in [-0.25, -0.2) is 0 Å². The summed E-state index contributed by atoms with van der Waals surface area (Å²) in [5.41, 5.74) is 1.18. The van der Waals surface area contributed by atoms with Crippen molar-refractivity contribution in [2.45, 2.75) is 53.1 Å². The lowest BCUT2D eigenvalue weighted by Crippen LogP contribution is -2.07. The molecule has 0 radical (unpaired) electrons. The summed E-state index contributed by atoms with van der Waals surface area (Å²) in [5, 5.41) is 10.5. The lowest BCUT2D eigenvalue weighted by Gasteiger charge is -2.17. The number of aliphatic hydroxyl groups excluding tert-OH is 1. The molecule has 0 spiro atoms. The number of benzene rings is 1. The van der Waals surface area contributed by atoms with Crippen LogP contribution in [0.4, 0.5) is 0 Å². The van der Waals surface area contributed by atoms with Crippen molar-refractivity contribution in [3.8, 4) is 11.5 Å². The van der Waals surface area contributed by atoms with Crippen LogP contribution in [0, 0.1) is 11.3 Å². The van der Waals surface area contributed by atoms with E-state index in [1.807, 2.05) is 18.2 Å². The number of aliphatic hydroxyl groups is 1. The predicted octanol–water partition coefficient (Wildman–Crippen LogP) is 4.34. The molecule has 3 nitrogen and oxygen atoms in total. The van der Waals surface area contributed by atoms with E-state index in [1.165, 1.54) is 0 Å². The van der Waals surface area contributed by atoms with Crippen molar-refractivity contribution in [1.29, 1.82) is 0 Å². The van der Waals surface area contributed by atoms with Gasteiger partial charge in [-0.2, -0.15) is 0 Å². The van der Waals surface area contributed by atoms with E-state index < -0.39 is 6.10 Å². The summed E-state index contributed by atoms with van der Waals surface area (Å²) in [4.78, 5) is 0. The third-order valence-corrected chi connectivity index (χ3v) is 4.20. The number of hydrogen-bond acceptors (Lipinski definition) is 3. The summed E-state index contributed by atoms with van der Waals surface area (Å²) in [5.74, 6) is 1.87. The molecule has 1 aromatic carbocycles. The summed E-state index contributed by atoms with van der Waals surface area (Å²) < 4.78 is 11.5. The van der Waals surface area contributed by atoms with E-state index in [-0.39, 0.29) is 5.41 Å². The summed E-state index contributed by atoms with van der Waals surface area (Å²) in [6.45, 7) is 9.91. The molecule has 1 fully saturated rings. The van der Waals surface area contributed by atoms with E-state index in [4.69, 9.17) is 9.47 Å². The second kappa shape index (κ2) is 6.69. The Bertz CT molecular complexity index is 468. The monoisotopic (exact) mass is 292 g/mol. The van der Waals surface area contributed by atoms with Gasteiger partial charge in [0.1, 0.15) is 0 Å². The average molecular weight is 292 g/mol. The Morgan fingerprint density at radius 3 is 2.24 bits per heavy atom. The molecule has 118 valence electrons. The highest BCUT2D eigenvalue weighted by Gasteiger charge is 2.50. The van der Waals surface area contributed by atoms with Crippen LogP contribution in [0.25, 0.3) is 0 Å². The van der Waals surface area contributed by atoms with Gasteiger partial charge in [-0.15, -0.1) is 0 Å². The fraction of sp³-hybridized carbons (Fsp3) is 0.667. The van der Waals surface area contributed by atoms with Crippen molar-refractivity contribution in [2.24, 2.45) is 11.3 Å². The second-order valence-corrected chi connectivity index (χ2v) is 6.65. The molecule has 21 heavy (non-hydrogen) atoms. The van der Waals surface area contributed by atoms with Gasteiger partial charge in [-0.05, 0) is 48.3 Å². The Balaban J connectivity index is 2.15. The minimum atomic E-state index is -0.413. The van der Waals surface area contributed by atoms with Crippen molar-refractivity contribution in [2.75, 3.05) is 13.2 Å². The maximum Gasteiger partial charge on any atom is 0.161 e. The first-order valence-corrected chi connectivity index (χ1v) is 8.07. The highest BCUT2D eigenvalue weighted by atomic mass is 16.5. The Labute approximate surface area is 128 Å². The third-order valence-electron chi connectivity index (χ3n) is 4.20. The molecular weight excluding hydrogens is 264 g/mol. The summed E-state index contributed by atoms with van der Waals surface area (Å²) in [7, 11) is 0. The quantitative estimate of drug-likeness (QED) is 0.774. The van der Waals surface area contributed by atoms with E-state index in [1.54, 1.807) is 0 Å². The molecule has 1 N–H and O–H groups in total. The van der Waals surface area contributed by atoms with Crippen molar-refractivity contribution in [3.63, 3.8) is 0 Å². The van der Waals surface area contributed by atoms with Crippen LogP contribution in [0.5, 0.6) is 11.5 Å². The molecule has 1 aromatic rings. The summed E-state index contributed by atoms with van der Waals surface area (Å²) in [6, 6.07) is 5.83. The molecule has 1 saturated carbocycles. The molecule has 0 aromatic heterocycles. The Kier molecular flexibility index (Phi) is 5.15. The molecule has 1 aliphatic carbocycles. The van der Waals surface area contributed by atoms with E-state index in [0.29, 0.717) is 19.1 Å². The van der Waals surface area contributed by atoms with Crippen LogP contribution in [0.3, 0.4) is 0 Å². The van der Waals surface area contributed by atoms with Crippen molar-refractivity contribution in [1.82, 2.24) is 0 Å². The van der Waals surface area contributed by atoms with E-state index in [0.717, 1.165) is 36.3 Å². The Morgan fingerprint density at radius 1 is 1.14 bits per heavy atom. The average Bonchev–Trinajstić information content (AvgIpc) is 3.11. The molecule has 0 saturated heterocycles. The number of ether oxygens (including phenoxy) is 2. The second-order valence-electron chi connectivity index (χ2n) is 6.65. The zero-order chi connectivity index (χ0) is 15.5. The SMILES string of the molecule is CCCOc1ccc(C(O)C2CC2(C)C)cc1OCCC. The van der Waals surface area contributed by atoms with Crippen LogP contribution < -0.4 is 9.47 Å². The molecule has 1 aliphatic rings. The molecule has 2 rings (SSSR count). The zero-order valence-corrected chi connectivity index (χ0v) is 13.7. The molecule has 3 heteroatoms. The molecule has 0 amide bonds. The number of rotatable bonds is 8. The smallest absolute Gasteiger partial charge is 0.161 e. The van der Waals surface area contributed by atoms with Crippen LogP contribution in [-0.2, 0) is 0 Å². The molecule has 0 bridgehead atoms. The predicted molar refractivity (Wildman–Crippen MR) is 84.9 cm³/mol. The largest absolute Gasteiger partial charge is 0.490 e. The topological polar surface area (TPSA) is 38.7 Å². The molecule has 0 aliphatic heterocycles. The molecule has 0 heterocycles. The highest BCUT2D eigenvalue weighted by molar-refractivity contribution is 5.44. The van der Waals surface area contributed by atoms with Crippen LogP contribution in [0.2, 0.25) is 0 Å². The van der Waals surface area contributed by atoms with Gasteiger partial charge in [0.25, 0.3) is 0 Å². The van der Waals surface area contributed by atoms with Gasteiger partial charge in [-0.3, -0.25) is 0 Å². The van der Waals surface area contributed by atoms with Crippen molar-refractivity contribution >= 4 is 0 Å². The standard InChI is InChI=1S/C18H28O3/c1-5-9-20-15-8-7-13(11-16(15)21-10-6-2)17(19)14-12-18(14,3)4/h7-8,11,14,17,19H,5-6,9-10,12H2,1-4H3. The maximum atomic E-state index is 10.5. The van der Waals surface area contributed by atoms with Crippen molar-refractivity contribution < 1.29 is 14.6 Å². The van der Waals surface area contributed by atoms with Gasteiger partial charge in [-0.1, -0.05) is 33.8 Å². The van der Waals surface area contributed by atoms with Crippen LogP contribution >= 0.6 is 0 Å². The fourth-order valence-electron chi connectivity index (χ4n) is 2.64. The summed E-state index contributed by atoms with van der Waals surface area (Å²) in [6.07, 6.45) is 2.58. The van der Waals surface area contributed by atoms with Crippen LogP contribution in [0.15, 0.2) is 18.2 Å². The van der Waals surface area contributed by atoms with Crippen LogP contribution in [-0.4, -0.2) is 18.3 Å². The minimum absolute atomic E-state index is 0.251. The van der Waals surface area contributed by atoms with E-state index in [9.17, 15) is 5.11 Å². The van der Waals surface area contributed by atoms with Gasteiger partial charge in [0, 0.05) is 0 Å². The maximum absolute atomic E-state index is 10.5. The summed E-state index contributed by atoms with van der Waals surface area (Å²) >= 11 is 0. The van der Waals surface area contributed by atoms with E-state index >= 15 is 0 Å². The van der Waals surface area contributed by atoms with Gasteiger partial charge >= 0.3 is 0 Å². The number of hydrogen-bond donors (Lipinski definition) is 1. The molecule has 2 atom stereocenters.